The number of anilines is 1. The Morgan fingerprint density at radius 2 is 2.06 bits per heavy atom. The molecule has 2 heterocycles. The summed E-state index contributed by atoms with van der Waals surface area (Å²) in [5.74, 6) is 0.130. The lowest BCUT2D eigenvalue weighted by atomic mass is 9.86. The van der Waals surface area contributed by atoms with Gasteiger partial charge in [0.25, 0.3) is 12.3 Å². The quantitative estimate of drug-likeness (QED) is 0.607. The molecule has 1 aromatic carbocycles. The summed E-state index contributed by atoms with van der Waals surface area (Å²) in [5, 5.41) is 16.6. The van der Waals surface area contributed by atoms with E-state index in [2.05, 4.69) is 15.4 Å². The van der Waals surface area contributed by atoms with Crippen LogP contribution < -0.4 is 10.1 Å². The number of rotatable bonds is 6. The lowest BCUT2D eigenvalue weighted by Gasteiger charge is -2.28. The molecule has 9 heteroatoms. The number of benzene rings is 1. The van der Waals surface area contributed by atoms with Crippen molar-refractivity contribution in [1.82, 2.24) is 14.8 Å². The van der Waals surface area contributed by atoms with Crippen molar-refractivity contribution in [3.63, 3.8) is 0 Å². The predicted molar refractivity (Wildman–Crippen MR) is 112 cm³/mol. The molecule has 2 aromatic heterocycles. The third-order valence-corrected chi connectivity index (χ3v) is 5.83. The minimum atomic E-state index is -2.76. The number of nitrogens with one attached hydrogen (secondary N) is 1. The minimum absolute atomic E-state index is 0.0310. The van der Waals surface area contributed by atoms with Crippen molar-refractivity contribution in [2.75, 3.05) is 19.0 Å². The van der Waals surface area contributed by atoms with E-state index < -0.39 is 12.3 Å². The van der Waals surface area contributed by atoms with E-state index in [-0.39, 0.29) is 41.0 Å². The van der Waals surface area contributed by atoms with Crippen LogP contribution in [-0.4, -0.2) is 39.5 Å². The SMILES string of the molecule is COc1cc2c(cc1NC(=O)c1ccccn1)c(C(F)F)nn2C1CCC(CO)CC1. The zero-order valence-corrected chi connectivity index (χ0v) is 17.1. The Bertz CT molecular complexity index is 1060. The highest BCUT2D eigenvalue weighted by molar-refractivity contribution is 6.05. The molecule has 31 heavy (non-hydrogen) atoms. The number of nitrogens with zero attached hydrogens (tertiary/aromatic N) is 3. The maximum atomic E-state index is 13.8. The summed E-state index contributed by atoms with van der Waals surface area (Å²) in [6, 6.07) is 8.04. The number of carbonyl (C=O) groups excluding carboxylic acids is 1. The van der Waals surface area contributed by atoms with Crippen LogP contribution in [0.5, 0.6) is 5.75 Å². The normalized spacial score (nSPS) is 19.0. The zero-order chi connectivity index (χ0) is 22.0. The molecule has 1 amide bonds. The fourth-order valence-electron chi connectivity index (χ4n) is 4.15. The fraction of sp³-hybridized carbons (Fsp3) is 0.409. The largest absolute Gasteiger partial charge is 0.494 e. The van der Waals surface area contributed by atoms with Crippen LogP contribution in [0.15, 0.2) is 36.5 Å². The number of aliphatic hydroxyl groups excluding tert-OH is 1. The van der Waals surface area contributed by atoms with Crippen molar-refractivity contribution in [2.24, 2.45) is 5.92 Å². The number of aliphatic hydroxyl groups is 1. The van der Waals surface area contributed by atoms with Crippen LogP contribution in [0.1, 0.15) is 54.3 Å². The number of fused-ring (bicyclic) bond motifs is 1. The zero-order valence-electron chi connectivity index (χ0n) is 17.1. The molecule has 0 spiro atoms. The number of carbonyl (C=O) groups is 1. The van der Waals surface area contributed by atoms with E-state index in [4.69, 9.17) is 4.74 Å². The highest BCUT2D eigenvalue weighted by Gasteiger charge is 2.28. The topological polar surface area (TPSA) is 89.3 Å². The van der Waals surface area contributed by atoms with Crippen LogP contribution in [0.4, 0.5) is 14.5 Å². The average Bonchev–Trinajstić information content (AvgIpc) is 3.17. The molecule has 1 aliphatic rings. The van der Waals surface area contributed by atoms with E-state index in [1.807, 2.05) is 0 Å². The number of methoxy groups -OCH3 is 1. The number of hydrogen-bond donors (Lipinski definition) is 2. The van der Waals surface area contributed by atoms with Gasteiger partial charge in [0.15, 0.2) is 0 Å². The first kappa shape index (κ1) is 21.2. The minimum Gasteiger partial charge on any atom is -0.494 e. The summed E-state index contributed by atoms with van der Waals surface area (Å²) in [5.41, 5.74) is 0.692. The van der Waals surface area contributed by atoms with Crippen molar-refractivity contribution in [3.05, 3.63) is 47.9 Å². The van der Waals surface area contributed by atoms with Crippen LogP contribution in [0.25, 0.3) is 10.9 Å². The number of ether oxygens (including phenoxy) is 1. The molecule has 164 valence electrons. The number of hydrogen-bond acceptors (Lipinski definition) is 5. The van der Waals surface area contributed by atoms with Gasteiger partial charge in [-0.1, -0.05) is 6.07 Å². The van der Waals surface area contributed by atoms with Gasteiger partial charge >= 0.3 is 0 Å². The molecule has 1 aliphatic carbocycles. The lowest BCUT2D eigenvalue weighted by molar-refractivity contribution is 0.102. The van der Waals surface area contributed by atoms with Gasteiger partial charge in [-0.05, 0) is 49.8 Å². The van der Waals surface area contributed by atoms with Crippen LogP contribution in [-0.2, 0) is 0 Å². The molecule has 1 saturated carbocycles. The average molecular weight is 430 g/mol. The molecule has 0 atom stereocenters. The van der Waals surface area contributed by atoms with Crippen molar-refractivity contribution >= 4 is 22.5 Å². The summed E-state index contributed by atoms with van der Waals surface area (Å²) in [6.45, 7) is 0.141. The number of pyridine rings is 1. The second-order valence-electron chi connectivity index (χ2n) is 7.73. The molecule has 7 nitrogen and oxygen atoms in total. The summed E-state index contributed by atoms with van der Waals surface area (Å²) >= 11 is 0. The van der Waals surface area contributed by atoms with Gasteiger partial charge in [-0.25, -0.2) is 8.78 Å². The first-order valence-corrected chi connectivity index (χ1v) is 10.2. The van der Waals surface area contributed by atoms with Gasteiger partial charge in [-0.15, -0.1) is 0 Å². The Hall–Kier alpha value is -3.07. The van der Waals surface area contributed by atoms with E-state index in [9.17, 15) is 18.7 Å². The van der Waals surface area contributed by atoms with Crippen molar-refractivity contribution in [3.8, 4) is 5.75 Å². The molecule has 1 fully saturated rings. The molecule has 3 aromatic rings. The third-order valence-electron chi connectivity index (χ3n) is 5.83. The predicted octanol–water partition coefficient (Wildman–Crippen LogP) is 4.35. The van der Waals surface area contributed by atoms with Crippen LogP contribution in [0.2, 0.25) is 0 Å². The lowest BCUT2D eigenvalue weighted by Crippen LogP contribution is -2.21. The van der Waals surface area contributed by atoms with Gasteiger partial charge in [-0.2, -0.15) is 5.10 Å². The van der Waals surface area contributed by atoms with Crippen molar-refractivity contribution in [1.29, 1.82) is 0 Å². The maximum absolute atomic E-state index is 13.8. The number of aromatic nitrogens is 3. The summed E-state index contributed by atoms with van der Waals surface area (Å²) in [6.07, 6.45) is 1.89. The van der Waals surface area contributed by atoms with E-state index >= 15 is 0 Å². The first-order chi connectivity index (χ1) is 15.0. The smallest absolute Gasteiger partial charge is 0.282 e. The van der Waals surface area contributed by atoms with Gasteiger partial charge < -0.3 is 15.2 Å². The second kappa shape index (κ2) is 8.97. The summed E-state index contributed by atoms with van der Waals surface area (Å²) < 4.78 is 34.7. The van der Waals surface area contributed by atoms with Gasteiger partial charge in [0.2, 0.25) is 0 Å². The van der Waals surface area contributed by atoms with Gasteiger partial charge in [0.1, 0.15) is 17.1 Å². The highest BCUT2D eigenvalue weighted by Crippen LogP contribution is 2.39. The summed E-state index contributed by atoms with van der Waals surface area (Å²) in [7, 11) is 1.46. The monoisotopic (exact) mass is 430 g/mol. The Labute approximate surface area is 178 Å². The number of amides is 1. The molecule has 0 bridgehead atoms. The standard InChI is InChI=1S/C22H24F2N4O3/c1-31-19-11-18-15(10-17(19)26-22(30)16-4-2-3-9-25-16)20(21(23)24)27-28(18)14-7-5-13(12-29)6-8-14/h2-4,9-11,13-14,21,29H,5-8,12H2,1H3,(H,26,30). The maximum Gasteiger partial charge on any atom is 0.282 e. The van der Waals surface area contributed by atoms with Crippen molar-refractivity contribution < 1.29 is 23.4 Å². The van der Waals surface area contributed by atoms with E-state index in [0.29, 0.717) is 11.3 Å². The Balaban J connectivity index is 1.73. The van der Waals surface area contributed by atoms with Gasteiger partial charge in [0.05, 0.1) is 24.4 Å². The Morgan fingerprint density at radius 3 is 2.68 bits per heavy atom. The fourth-order valence-corrected chi connectivity index (χ4v) is 4.15. The molecule has 0 unspecified atom stereocenters. The first-order valence-electron chi connectivity index (χ1n) is 10.2. The number of alkyl halides is 2. The third kappa shape index (κ3) is 4.23. The van der Waals surface area contributed by atoms with Crippen LogP contribution >= 0.6 is 0 Å². The molecule has 0 saturated heterocycles. The van der Waals surface area contributed by atoms with Gasteiger partial charge in [-0.3, -0.25) is 14.5 Å². The molecule has 2 N–H and O–H groups in total. The molecular formula is C22H24F2N4O3. The van der Waals surface area contributed by atoms with E-state index in [0.717, 1.165) is 25.7 Å². The Morgan fingerprint density at radius 1 is 1.29 bits per heavy atom. The number of halogens is 2. The van der Waals surface area contributed by atoms with Gasteiger partial charge in [0, 0.05) is 24.3 Å². The Kier molecular flexibility index (Phi) is 6.13. The van der Waals surface area contributed by atoms with Crippen molar-refractivity contribution in [2.45, 2.75) is 38.2 Å². The highest BCUT2D eigenvalue weighted by atomic mass is 19.3. The molecular weight excluding hydrogens is 406 g/mol. The van der Waals surface area contributed by atoms with E-state index in [1.54, 1.807) is 28.9 Å². The summed E-state index contributed by atoms with van der Waals surface area (Å²) in [4.78, 5) is 16.5. The second-order valence-corrected chi connectivity index (χ2v) is 7.73. The molecule has 0 radical (unpaired) electrons. The van der Waals surface area contributed by atoms with Crippen LogP contribution in [0.3, 0.4) is 0 Å². The van der Waals surface area contributed by atoms with E-state index in [1.165, 1.54) is 19.4 Å². The van der Waals surface area contributed by atoms with Crippen LogP contribution in [0, 0.1) is 5.92 Å². The molecule has 0 aliphatic heterocycles. The molecule has 4 rings (SSSR count).